The lowest BCUT2D eigenvalue weighted by Crippen LogP contribution is -2.26. The van der Waals surface area contributed by atoms with Crippen LogP contribution in [0.25, 0.3) is 22.5 Å². The molecule has 0 amide bonds. The molecular weight excluding hydrogens is 404 g/mol. The number of hydrogen-bond acceptors (Lipinski definition) is 5. The summed E-state index contributed by atoms with van der Waals surface area (Å²) in [7, 11) is 0. The number of rotatable bonds is 5. The van der Waals surface area contributed by atoms with Gasteiger partial charge in [0.25, 0.3) is 5.56 Å². The highest BCUT2D eigenvalue weighted by Crippen LogP contribution is 2.36. The quantitative estimate of drug-likeness (QED) is 0.444. The van der Waals surface area contributed by atoms with Gasteiger partial charge < -0.3 is 5.32 Å². The van der Waals surface area contributed by atoms with Crippen molar-refractivity contribution in [2.45, 2.75) is 20.4 Å². The number of aryl methyl sites for hydroxylation is 2. The molecular formula is C22H19ClN4OS. The summed E-state index contributed by atoms with van der Waals surface area (Å²) in [6.45, 7) is 4.30. The topological polar surface area (TPSA) is 59.8 Å². The third-order valence-corrected chi connectivity index (χ3v) is 5.48. The fraction of sp³-hybridized carbons (Fsp3) is 0.136. The largest absolute Gasteiger partial charge is 0.350 e. The van der Waals surface area contributed by atoms with Crippen molar-refractivity contribution in [2.24, 2.45) is 0 Å². The average molecular weight is 423 g/mol. The molecule has 4 aromatic rings. The number of nitrogens with zero attached hydrogens (tertiary/aromatic N) is 3. The second kappa shape index (κ2) is 8.19. The van der Waals surface area contributed by atoms with Crippen LogP contribution >= 0.6 is 22.9 Å². The van der Waals surface area contributed by atoms with Crippen LogP contribution in [-0.2, 0) is 6.54 Å². The van der Waals surface area contributed by atoms with Gasteiger partial charge in [0.1, 0.15) is 11.4 Å². The Balaban J connectivity index is 2.02. The number of benzene rings is 2. The van der Waals surface area contributed by atoms with E-state index in [-0.39, 0.29) is 5.56 Å². The summed E-state index contributed by atoms with van der Waals surface area (Å²) in [4.78, 5) is 17.9. The van der Waals surface area contributed by atoms with E-state index in [1.807, 2.05) is 61.7 Å². The van der Waals surface area contributed by atoms with Crippen molar-refractivity contribution in [1.82, 2.24) is 14.8 Å². The summed E-state index contributed by atoms with van der Waals surface area (Å²) in [5, 5.41) is 11.4. The fourth-order valence-corrected chi connectivity index (χ4v) is 3.93. The van der Waals surface area contributed by atoms with E-state index in [4.69, 9.17) is 11.6 Å². The van der Waals surface area contributed by atoms with E-state index >= 15 is 0 Å². The molecule has 0 atom stereocenters. The zero-order valence-electron chi connectivity index (χ0n) is 16.0. The van der Waals surface area contributed by atoms with Gasteiger partial charge in [0.15, 0.2) is 0 Å². The summed E-state index contributed by atoms with van der Waals surface area (Å²) in [6, 6.07) is 17.1. The van der Waals surface area contributed by atoms with Gasteiger partial charge in [-0.3, -0.25) is 4.79 Å². The summed E-state index contributed by atoms with van der Waals surface area (Å²) in [5.74, 6) is 0. The Morgan fingerprint density at radius 1 is 1.14 bits per heavy atom. The third-order valence-electron chi connectivity index (χ3n) is 4.47. The van der Waals surface area contributed by atoms with Gasteiger partial charge in [0.05, 0.1) is 16.3 Å². The highest BCUT2D eigenvalue weighted by Gasteiger charge is 2.22. The van der Waals surface area contributed by atoms with E-state index in [2.05, 4.69) is 15.4 Å². The first-order chi connectivity index (χ1) is 14.1. The normalized spacial score (nSPS) is 10.9. The van der Waals surface area contributed by atoms with Crippen LogP contribution in [0, 0.1) is 6.92 Å². The van der Waals surface area contributed by atoms with E-state index < -0.39 is 0 Å². The molecule has 0 unspecified atom stereocenters. The molecule has 1 N–H and O–H groups in total. The molecule has 0 saturated heterocycles. The molecule has 0 spiro atoms. The minimum Gasteiger partial charge on any atom is -0.350 e. The molecule has 2 aromatic heterocycles. The van der Waals surface area contributed by atoms with Crippen molar-refractivity contribution < 1.29 is 0 Å². The summed E-state index contributed by atoms with van der Waals surface area (Å²) in [6.07, 6.45) is 0. The molecule has 0 radical (unpaired) electrons. The zero-order valence-corrected chi connectivity index (χ0v) is 17.6. The van der Waals surface area contributed by atoms with Crippen LogP contribution in [0.1, 0.15) is 11.9 Å². The van der Waals surface area contributed by atoms with Gasteiger partial charge in [-0.05, 0) is 32.0 Å². The second-order valence-corrected chi connectivity index (χ2v) is 7.97. The van der Waals surface area contributed by atoms with E-state index in [0.717, 1.165) is 22.0 Å². The number of aromatic nitrogens is 3. The maximum absolute atomic E-state index is 13.3. The molecule has 0 bridgehead atoms. The molecule has 0 aliphatic rings. The summed E-state index contributed by atoms with van der Waals surface area (Å²) >= 11 is 7.69. The Morgan fingerprint density at radius 3 is 2.59 bits per heavy atom. The molecule has 0 saturated carbocycles. The van der Waals surface area contributed by atoms with Gasteiger partial charge in [-0.25, -0.2) is 9.67 Å². The molecule has 0 aliphatic heterocycles. The number of halogens is 1. The van der Waals surface area contributed by atoms with Gasteiger partial charge in [0.2, 0.25) is 0 Å². The third kappa shape index (κ3) is 3.95. The van der Waals surface area contributed by atoms with Crippen LogP contribution in [0.3, 0.4) is 0 Å². The van der Waals surface area contributed by atoms with Crippen molar-refractivity contribution in [3.63, 3.8) is 0 Å². The highest BCUT2D eigenvalue weighted by atomic mass is 35.5. The first-order valence-corrected chi connectivity index (χ1v) is 10.5. The molecule has 0 fully saturated rings. The molecule has 7 heteroatoms. The highest BCUT2D eigenvalue weighted by molar-refractivity contribution is 7.09. The van der Waals surface area contributed by atoms with Crippen LogP contribution in [-0.4, -0.2) is 14.8 Å². The van der Waals surface area contributed by atoms with Gasteiger partial charge in [-0.2, -0.15) is 5.10 Å². The van der Waals surface area contributed by atoms with Crippen molar-refractivity contribution in [3.05, 3.63) is 80.4 Å². The number of thiazole rings is 1. The maximum Gasteiger partial charge on any atom is 0.291 e. The lowest BCUT2D eigenvalue weighted by molar-refractivity contribution is 0.621. The van der Waals surface area contributed by atoms with E-state index in [0.29, 0.717) is 28.5 Å². The van der Waals surface area contributed by atoms with Gasteiger partial charge in [-0.15, -0.1) is 11.3 Å². The van der Waals surface area contributed by atoms with Crippen LogP contribution in [0.15, 0.2) is 64.8 Å². The van der Waals surface area contributed by atoms with Crippen molar-refractivity contribution in [2.75, 3.05) is 5.32 Å². The average Bonchev–Trinajstić information content (AvgIpc) is 3.16. The van der Waals surface area contributed by atoms with E-state index in [9.17, 15) is 4.79 Å². The smallest absolute Gasteiger partial charge is 0.291 e. The molecule has 0 aliphatic carbocycles. The maximum atomic E-state index is 13.3. The Labute approximate surface area is 177 Å². The summed E-state index contributed by atoms with van der Waals surface area (Å²) < 4.78 is 1.47. The molecule has 146 valence electrons. The molecule has 29 heavy (non-hydrogen) atoms. The summed E-state index contributed by atoms with van der Waals surface area (Å²) in [5.41, 5.74) is 4.02. The fourth-order valence-electron chi connectivity index (χ4n) is 3.14. The molecule has 2 aromatic carbocycles. The first-order valence-electron chi connectivity index (χ1n) is 9.22. The van der Waals surface area contributed by atoms with Crippen LogP contribution in [0.4, 0.5) is 11.4 Å². The Morgan fingerprint density at radius 2 is 1.93 bits per heavy atom. The number of nitrogens with one attached hydrogen (secondary N) is 1. The van der Waals surface area contributed by atoms with Crippen molar-refractivity contribution >= 4 is 34.3 Å². The van der Waals surface area contributed by atoms with Crippen LogP contribution in [0.2, 0.25) is 5.02 Å². The van der Waals surface area contributed by atoms with Crippen molar-refractivity contribution in [3.8, 4) is 22.5 Å². The zero-order chi connectivity index (χ0) is 20.4. The second-order valence-electron chi connectivity index (χ2n) is 6.47. The SMILES string of the molecule is CCn1nc(-c2ccccc2)c(-c2csc(C)n2)c(Nc2cccc(Cl)c2)c1=O. The number of anilines is 2. The monoisotopic (exact) mass is 422 g/mol. The van der Waals surface area contributed by atoms with Crippen LogP contribution < -0.4 is 10.9 Å². The van der Waals surface area contributed by atoms with E-state index in [1.165, 1.54) is 16.0 Å². The van der Waals surface area contributed by atoms with Gasteiger partial charge in [-0.1, -0.05) is 48.0 Å². The predicted molar refractivity (Wildman–Crippen MR) is 120 cm³/mol. The minimum absolute atomic E-state index is 0.201. The molecule has 4 rings (SSSR count). The lowest BCUT2D eigenvalue weighted by Gasteiger charge is -2.17. The van der Waals surface area contributed by atoms with Crippen molar-refractivity contribution in [1.29, 1.82) is 0 Å². The van der Waals surface area contributed by atoms with Crippen LogP contribution in [0.5, 0.6) is 0 Å². The lowest BCUT2D eigenvalue weighted by atomic mass is 10.0. The first kappa shape index (κ1) is 19.4. The van der Waals surface area contributed by atoms with Gasteiger partial charge >= 0.3 is 0 Å². The van der Waals surface area contributed by atoms with E-state index in [1.54, 1.807) is 12.1 Å². The Hall–Kier alpha value is -2.96. The molecule has 2 heterocycles. The Kier molecular flexibility index (Phi) is 5.47. The Bertz CT molecular complexity index is 1220. The standard InChI is InChI=1S/C22H19ClN4OS/c1-3-27-22(28)21(25-17-11-7-10-16(23)12-17)19(18-13-29-14(2)24-18)20(26-27)15-8-5-4-6-9-15/h4-13,25H,3H2,1-2H3. The predicted octanol–water partition coefficient (Wildman–Crippen LogP) is 5.76. The molecule has 5 nitrogen and oxygen atoms in total. The minimum atomic E-state index is -0.201. The van der Waals surface area contributed by atoms with Gasteiger partial charge in [0, 0.05) is 28.2 Å². The number of hydrogen-bond donors (Lipinski definition) is 1.